The van der Waals surface area contributed by atoms with Crippen LogP contribution in [0.5, 0.6) is 0 Å². The zero-order valence-corrected chi connectivity index (χ0v) is 16.1. The van der Waals surface area contributed by atoms with Gasteiger partial charge in [-0.2, -0.15) is 5.26 Å². The zero-order valence-electron chi connectivity index (χ0n) is 16.1. The first-order valence-electron chi connectivity index (χ1n) is 9.80. The number of amides is 1. The van der Waals surface area contributed by atoms with Crippen LogP contribution in [0.3, 0.4) is 0 Å². The fraction of sp³-hybridized carbons (Fsp3) is 0.333. The highest BCUT2D eigenvalue weighted by Gasteiger charge is 2.08. The SMILES string of the molecule is CCCCCCCCNC(=O)/C(C#N)=C\c1ccc(-c2ccccc2)cc1. The van der Waals surface area contributed by atoms with E-state index in [0.29, 0.717) is 6.54 Å². The van der Waals surface area contributed by atoms with Crippen molar-refractivity contribution in [3.63, 3.8) is 0 Å². The largest absolute Gasteiger partial charge is 0.351 e. The first kappa shape index (κ1) is 20.5. The molecule has 0 fully saturated rings. The van der Waals surface area contributed by atoms with Crippen molar-refractivity contribution in [1.82, 2.24) is 5.32 Å². The van der Waals surface area contributed by atoms with Gasteiger partial charge in [-0.3, -0.25) is 4.79 Å². The van der Waals surface area contributed by atoms with Crippen molar-refractivity contribution in [2.45, 2.75) is 45.4 Å². The summed E-state index contributed by atoms with van der Waals surface area (Å²) < 4.78 is 0. The molecule has 2 aromatic rings. The van der Waals surface area contributed by atoms with Gasteiger partial charge >= 0.3 is 0 Å². The van der Waals surface area contributed by atoms with E-state index < -0.39 is 0 Å². The minimum atomic E-state index is -0.293. The number of nitrogens with zero attached hydrogens (tertiary/aromatic N) is 1. The van der Waals surface area contributed by atoms with E-state index in [2.05, 4.69) is 24.4 Å². The van der Waals surface area contributed by atoms with E-state index >= 15 is 0 Å². The molecule has 0 saturated carbocycles. The van der Waals surface area contributed by atoms with Crippen molar-refractivity contribution in [2.24, 2.45) is 0 Å². The predicted octanol–water partition coefficient (Wildman–Crippen LogP) is 5.74. The van der Waals surface area contributed by atoms with Gasteiger partial charge in [0, 0.05) is 6.54 Å². The standard InChI is InChI=1S/C24H28N2O/c1-2-3-4-5-6-10-17-26-24(27)23(19-25)18-20-13-15-22(16-14-20)21-11-8-7-9-12-21/h7-9,11-16,18H,2-6,10,17H2,1H3,(H,26,27)/b23-18-. The average Bonchev–Trinajstić information content (AvgIpc) is 2.72. The van der Waals surface area contributed by atoms with Crippen molar-refractivity contribution in [3.8, 4) is 17.2 Å². The Morgan fingerprint density at radius 2 is 1.56 bits per heavy atom. The number of hydrogen-bond donors (Lipinski definition) is 1. The van der Waals surface area contributed by atoms with E-state index in [1.807, 2.05) is 48.5 Å². The molecular weight excluding hydrogens is 332 g/mol. The third-order valence-corrected chi connectivity index (χ3v) is 4.51. The van der Waals surface area contributed by atoms with Crippen molar-refractivity contribution < 1.29 is 4.79 Å². The van der Waals surface area contributed by atoms with Gasteiger partial charge < -0.3 is 5.32 Å². The van der Waals surface area contributed by atoms with Crippen LogP contribution < -0.4 is 5.32 Å². The number of hydrogen-bond acceptors (Lipinski definition) is 2. The van der Waals surface area contributed by atoms with Gasteiger partial charge in [0.2, 0.25) is 0 Å². The number of carbonyl (C=O) groups is 1. The van der Waals surface area contributed by atoms with Crippen LogP contribution in [0, 0.1) is 11.3 Å². The first-order chi connectivity index (χ1) is 13.2. The highest BCUT2D eigenvalue weighted by atomic mass is 16.1. The van der Waals surface area contributed by atoms with E-state index in [1.54, 1.807) is 6.08 Å². The van der Waals surface area contributed by atoms with Crippen molar-refractivity contribution in [2.75, 3.05) is 6.54 Å². The van der Waals surface area contributed by atoms with Gasteiger partial charge in [0.25, 0.3) is 5.91 Å². The minimum Gasteiger partial charge on any atom is -0.351 e. The molecule has 0 aromatic heterocycles. The summed E-state index contributed by atoms with van der Waals surface area (Å²) in [5.74, 6) is -0.293. The van der Waals surface area contributed by atoms with Gasteiger partial charge in [0.05, 0.1) is 0 Å². The molecular formula is C24H28N2O. The molecule has 0 saturated heterocycles. The van der Waals surface area contributed by atoms with Gasteiger partial charge in [-0.1, -0.05) is 93.6 Å². The van der Waals surface area contributed by atoms with Gasteiger partial charge in [0.1, 0.15) is 11.6 Å². The third-order valence-electron chi connectivity index (χ3n) is 4.51. The highest BCUT2D eigenvalue weighted by molar-refractivity contribution is 6.01. The highest BCUT2D eigenvalue weighted by Crippen LogP contribution is 2.20. The maximum Gasteiger partial charge on any atom is 0.261 e. The smallest absolute Gasteiger partial charge is 0.261 e. The molecule has 0 heterocycles. The van der Waals surface area contributed by atoms with Crippen LogP contribution in [0.2, 0.25) is 0 Å². The molecule has 3 heteroatoms. The lowest BCUT2D eigenvalue weighted by Gasteiger charge is -2.05. The molecule has 0 spiro atoms. The molecule has 140 valence electrons. The van der Waals surface area contributed by atoms with Gasteiger partial charge in [0.15, 0.2) is 0 Å². The summed E-state index contributed by atoms with van der Waals surface area (Å²) in [6.07, 6.45) is 8.69. The number of nitriles is 1. The molecule has 0 radical (unpaired) electrons. The maximum atomic E-state index is 12.2. The molecule has 0 aliphatic heterocycles. The Labute approximate surface area is 162 Å². The molecule has 3 nitrogen and oxygen atoms in total. The second kappa shape index (κ2) is 11.7. The Kier molecular flexibility index (Phi) is 8.86. The second-order valence-corrected chi connectivity index (χ2v) is 6.68. The van der Waals surface area contributed by atoms with E-state index in [9.17, 15) is 10.1 Å². The molecule has 1 amide bonds. The molecule has 0 unspecified atom stereocenters. The fourth-order valence-corrected chi connectivity index (χ4v) is 2.92. The Hall–Kier alpha value is -2.86. The lowest BCUT2D eigenvalue weighted by atomic mass is 10.0. The summed E-state index contributed by atoms with van der Waals surface area (Å²) in [6, 6.07) is 20.0. The molecule has 2 aromatic carbocycles. The van der Waals surface area contributed by atoms with E-state index in [0.717, 1.165) is 29.5 Å². The predicted molar refractivity (Wildman–Crippen MR) is 112 cm³/mol. The number of unbranched alkanes of at least 4 members (excludes halogenated alkanes) is 5. The average molecular weight is 361 g/mol. The van der Waals surface area contributed by atoms with Crippen molar-refractivity contribution >= 4 is 12.0 Å². The number of carbonyl (C=O) groups excluding carboxylic acids is 1. The van der Waals surface area contributed by atoms with Crippen LogP contribution in [-0.4, -0.2) is 12.5 Å². The van der Waals surface area contributed by atoms with Crippen molar-refractivity contribution in [1.29, 1.82) is 5.26 Å². The zero-order chi connectivity index (χ0) is 19.3. The van der Waals surface area contributed by atoms with Gasteiger partial charge in [-0.25, -0.2) is 0 Å². The Morgan fingerprint density at radius 1 is 0.926 bits per heavy atom. The summed E-state index contributed by atoms with van der Waals surface area (Å²) >= 11 is 0. The summed E-state index contributed by atoms with van der Waals surface area (Å²) in [4.78, 5) is 12.2. The normalized spacial score (nSPS) is 11.0. The lowest BCUT2D eigenvalue weighted by molar-refractivity contribution is -0.117. The molecule has 27 heavy (non-hydrogen) atoms. The van der Waals surface area contributed by atoms with Crippen LogP contribution in [0.15, 0.2) is 60.2 Å². The summed E-state index contributed by atoms with van der Waals surface area (Å²) in [7, 11) is 0. The van der Waals surface area contributed by atoms with Crippen LogP contribution >= 0.6 is 0 Å². The van der Waals surface area contributed by atoms with Crippen LogP contribution in [0.25, 0.3) is 17.2 Å². The Bertz CT molecular complexity index is 770. The van der Waals surface area contributed by atoms with Crippen molar-refractivity contribution in [3.05, 3.63) is 65.7 Å². The minimum absolute atomic E-state index is 0.147. The molecule has 0 atom stereocenters. The van der Waals surface area contributed by atoms with Gasteiger partial charge in [-0.15, -0.1) is 0 Å². The van der Waals surface area contributed by atoms with E-state index in [4.69, 9.17) is 0 Å². The maximum absolute atomic E-state index is 12.2. The Balaban J connectivity index is 1.87. The summed E-state index contributed by atoms with van der Waals surface area (Å²) in [5.41, 5.74) is 3.25. The fourth-order valence-electron chi connectivity index (χ4n) is 2.92. The third kappa shape index (κ3) is 7.11. The van der Waals surface area contributed by atoms with Crippen LogP contribution in [0.4, 0.5) is 0 Å². The molecule has 0 aliphatic rings. The quantitative estimate of drug-likeness (QED) is 0.334. The molecule has 0 aliphatic carbocycles. The van der Waals surface area contributed by atoms with E-state index in [1.165, 1.54) is 25.7 Å². The lowest BCUT2D eigenvalue weighted by Crippen LogP contribution is -2.25. The number of nitrogens with one attached hydrogen (secondary N) is 1. The number of rotatable bonds is 10. The molecule has 2 rings (SSSR count). The van der Waals surface area contributed by atoms with Gasteiger partial charge in [-0.05, 0) is 29.2 Å². The first-order valence-corrected chi connectivity index (χ1v) is 9.80. The van der Waals surface area contributed by atoms with Crippen LogP contribution in [0.1, 0.15) is 51.0 Å². The monoisotopic (exact) mass is 360 g/mol. The molecule has 0 bridgehead atoms. The van der Waals surface area contributed by atoms with Crippen LogP contribution in [-0.2, 0) is 4.79 Å². The number of benzene rings is 2. The summed E-state index contributed by atoms with van der Waals surface area (Å²) in [6.45, 7) is 2.82. The summed E-state index contributed by atoms with van der Waals surface area (Å²) in [5, 5.41) is 12.2. The topological polar surface area (TPSA) is 52.9 Å². The molecule has 1 N–H and O–H groups in total. The second-order valence-electron chi connectivity index (χ2n) is 6.68. The van der Waals surface area contributed by atoms with E-state index in [-0.39, 0.29) is 11.5 Å². The Morgan fingerprint density at radius 3 is 2.22 bits per heavy atom.